The molecule has 3 aromatic rings. The van der Waals surface area contributed by atoms with Crippen LogP contribution in [0.1, 0.15) is 13.8 Å². The summed E-state index contributed by atoms with van der Waals surface area (Å²) in [5, 5.41) is 4.47. The Morgan fingerprint density at radius 3 is 1.00 bits per heavy atom. The average molecular weight is 365 g/mol. The summed E-state index contributed by atoms with van der Waals surface area (Å²) in [6, 6.07) is 33.2. The summed E-state index contributed by atoms with van der Waals surface area (Å²) in [6.07, 6.45) is 0. The Morgan fingerprint density at radius 2 is 0.783 bits per heavy atom. The smallest absolute Gasteiger partial charge is 0 e. The van der Waals surface area contributed by atoms with E-state index in [2.05, 4.69) is 105 Å². The molecule has 0 saturated heterocycles. The molecule has 0 nitrogen and oxygen atoms in total. The van der Waals surface area contributed by atoms with Crippen molar-refractivity contribution in [3.8, 4) is 0 Å². The average Bonchev–Trinajstić information content (AvgIpc) is 2.58. The first kappa shape index (κ1) is 17.9. The van der Waals surface area contributed by atoms with E-state index in [0.717, 1.165) is 0 Å². The van der Waals surface area contributed by atoms with E-state index in [0.29, 0.717) is 5.66 Å². The van der Waals surface area contributed by atoms with Gasteiger partial charge in [0, 0.05) is 16.5 Å². The van der Waals surface area contributed by atoms with E-state index in [4.69, 9.17) is 0 Å². The van der Waals surface area contributed by atoms with Gasteiger partial charge in [0.2, 0.25) is 0 Å². The van der Waals surface area contributed by atoms with Gasteiger partial charge < -0.3 is 0 Å². The predicted molar refractivity (Wildman–Crippen MR) is 102 cm³/mol. The fourth-order valence-electron chi connectivity index (χ4n) is 3.60. The van der Waals surface area contributed by atoms with Crippen molar-refractivity contribution in [1.29, 1.82) is 0 Å². The minimum atomic E-state index is -2.00. The van der Waals surface area contributed by atoms with Crippen molar-refractivity contribution < 1.29 is 16.5 Å². The Kier molecular flexibility index (Phi) is 6.17. The monoisotopic (exact) mass is 364 g/mol. The minimum absolute atomic E-state index is 0. The fourth-order valence-corrected chi connectivity index (χ4v) is 8.76. The second-order valence-corrected chi connectivity index (χ2v) is 10.6. The Morgan fingerprint density at radius 1 is 0.522 bits per heavy atom. The maximum absolute atomic E-state index is 2.37. The molecule has 2 heteroatoms. The van der Waals surface area contributed by atoms with Crippen molar-refractivity contribution in [2.24, 2.45) is 0 Å². The molecule has 0 fully saturated rings. The minimum Gasteiger partial charge on any atom is 0 e. The van der Waals surface area contributed by atoms with E-state index in [1.807, 2.05) is 0 Å². The third kappa shape index (κ3) is 3.28. The molecule has 0 spiro atoms. The predicted octanol–water partition coefficient (Wildman–Crippen LogP) is 4.12. The second kappa shape index (κ2) is 7.91. The zero-order valence-corrected chi connectivity index (χ0v) is 15.5. The molecule has 0 bridgehead atoms. The molecular formula is C21H23NiP. The maximum atomic E-state index is 2.37. The summed E-state index contributed by atoms with van der Waals surface area (Å²) in [5.41, 5.74) is 0.583. The molecule has 0 heterocycles. The number of hydrogen-bond acceptors (Lipinski definition) is 0. The molecule has 0 N–H and O–H groups in total. The Balaban J connectivity index is 0.00000192. The molecule has 0 amide bonds. The van der Waals surface area contributed by atoms with Gasteiger partial charge >= 0.3 is 134 Å². The van der Waals surface area contributed by atoms with Crippen LogP contribution < -0.4 is 15.9 Å². The van der Waals surface area contributed by atoms with E-state index in [1.165, 1.54) is 15.9 Å². The second-order valence-electron chi connectivity index (χ2n) is 6.06. The van der Waals surface area contributed by atoms with Crippen LogP contribution in [0.5, 0.6) is 0 Å². The van der Waals surface area contributed by atoms with Gasteiger partial charge in [-0.15, -0.1) is 0 Å². The fraction of sp³-hybridized carbons (Fsp3) is 0.143. The van der Waals surface area contributed by atoms with Crippen molar-refractivity contribution in [1.82, 2.24) is 0 Å². The summed E-state index contributed by atoms with van der Waals surface area (Å²) >= 11 is 0. The molecule has 23 heavy (non-hydrogen) atoms. The van der Waals surface area contributed by atoms with Crippen LogP contribution in [0, 0.1) is 0 Å². The summed E-state index contributed by atoms with van der Waals surface area (Å²) in [6.45, 7) is 4.75. The molecular weight excluding hydrogens is 342 g/mol. The molecule has 0 aliphatic carbocycles. The molecule has 3 aromatic carbocycles. The van der Waals surface area contributed by atoms with Crippen LogP contribution >= 0.6 is 7.26 Å². The van der Waals surface area contributed by atoms with E-state index in [-0.39, 0.29) is 16.5 Å². The summed E-state index contributed by atoms with van der Waals surface area (Å²) in [4.78, 5) is 0. The number of hydrogen-bond donors (Lipinski definition) is 0. The van der Waals surface area contributed by atoms with Gasteiger partial charge in [-0.1, -0.05) is 0 Å². The van der Waals surface area contributed by atoms with Crippen LogP contribution in [0.2, 0.25) is 0 Å². The number of rotatable bonds is 4. The van der Waals surface area contributed by atoms with Crippen LogP contribution in [0.25, 0.3) is 0 Å². The first-order valence-electron chi connectivity index (χ1n) is 7.93. The zero-order valence-electron chi connectivity index (χ0n) is 13.6. The van der Waals surface area contributed by atoms with Crippen LogP contribution in [-0.2, 0) is 16.5 Å². The largest absolute Gasteiger partial charge is 0 e. The Labute approximate surface area is 150 Å². The van der Waals surface area contributed by atoms with Gasteiger partial charge in [-0.3, -0.25) is 0 Å². The van der Waals surface area contributed by atoms with Crippen molar-refractivity contribution >= 4 is 23.2 Å². The molecule has 0 aliphatic rings. The van der Waals surface area contributed by atoms with Gasteiger partial charge in [0.05, 0.1) is 0 Å². The van der Waals surface area contributed by atoms with Crippen LogP contribution in [0.3, 0.4) is 0 Å². The van der Waals surface area contributed by atoms with Gasteiger partial charge in [-0.2, -0.15) is 0 Å². The zero-order chi connectivity index (χ0) is 15.4. The summed E-state index contributed by atoms with van der Waals surface area (Å²) < 4.78 is 0. The Bertz CT molecular complexity index is 612. The van der Waals surface area contributed by atoms with E-state index < -0.39 is 7.26 Å². The standard InChI is InChI=1S/C21H23P.Ni/c1-18(2)22(19-12-6-3-7-13-19,20-14-8-4-9-15-20)21-16-10-5-11-17-21;/h3-18,22H,1-2H3;. The summed E-state index contributed by atoms with van der Waals surface area (Å²) in [5.74, 6) is 0. The molecule has 0 radical (unpaired) electrons. The quantitative estimate of drug-likeness (QED) is 0.482. The van der Waals surface area contributed by atoms with Crippen molar-refractivity contribution in [2.45, 2.75) is 19.5 Å². The first-order valence-corrected chi connectivity index (χ1v) is 10.0. The molecule has 0 saturated carbocycles. The van der Waals surface area contributed by atoms with E-state index in [9.17, 15) is 0 Å². The van der Waals surface area contributed by atoms with Crippen LogP contribution in [0.15, 0.2) is 91.0 Å². The van der Waals surface area contributed by atoms with Gasteiger partial charge in [0.15, 0.2) is 0 Å². The van der Waals surface area contributed by atoms with Crippen LogP contribution in [0.4, 0.5) is 0 Å². The SMILES string of the molecule is CC(C)[PH](c1ccccc1)(c1ccccc1)c1ccccc1.[Ni]. The maximum Gasteiger partial charge on any atom is 0 e. The van der Waals surface area contributed by atoms with Gasteiger partial charge in [0.1, 0.15) is 0 Å². The molecule has 3 rings (SSSR count). The number of benzene rings is 3. The Hall–Kier alpha value is -1.42. The van der Waals surface area contributed by atoms with Gasteiger partial charge in [-0.25, -0.2) is 0 Å². The topological polar surface area (TPSA) is 0 Å². The molecule has 0 aromatic heterocycles. The van der Waals surface area contributed by atoms with Crippen molar-refractivity contribution in [3.05, 3.63) is 91.0 Å². The molecule has 0 unspecified atom stereocenters. The summed E-state index contributed by atoms with van der Waals surface area (Å²) in [7, 11) is -2.00. The molecule has 0 atom stereocenters. The van der Waals surface area contributed by atoms with Crippen LogP contribution in [-0.4, -0.2) is 5.66 Å². The normalized spacial score (nSPS) is 11.8. The molecule has 0 aliphatic heterocycles. The molecule has 122 valence electrons. The van der Waals surface area contributed by atoms with Crippen molar-refractivity contribution in [2.75, 3.05) is 0 Å². The van der Waals surface area contributed by atoms with E-state index in [1.54, 1.807) is 0 Å². The third-order valence-electron chi connectivity index (χ3n) is 4.55. The third-order valence-corrected chi connectivity index (χ3v) is 10.0. The van der Waals surface area contributed by atoms with E-state index >= 15 is 0 Å². The first-order chi connectivity index (χ1) is 10.8. The van der Waals surface area contributed by atoms with Gasteiger partial charge in [0.25, 0.3) is 0 Å². The van der Waals surface area contributed by atoms with Crippen molar-refractivity contribution in [3.63, 3.8) is 0 Å². The van der Waals surface area contributed by atoms with Gasteiger partial charge in [-0.05, 0) is 0 Å².